The van der Waals surface area contributed by atoms with Crippen molar-refractivity contribution >= 4 is 29.9 Å². The van der Waals surface area contributed by atoms with Gasteiger partial charge in [0.15, 0.2) is 5.96 Å². The molecule has 1 aliphatic heterocycles. The average Bonchev–Trinajstić information content (AvgIpc) is 2.79. The quantitative estimate of drug-likeness (QED) is 0.160. The highest BCUT2D eigenvalue weighted by Gasteiger charge is 2.13. The Kier molecular flexibility index (Phi) is 16.6. The Morgan fingerprint density at radius 3 is 2.52 bits per heavy atom. The summed E-state index contributed by atoms with van der Waals surface area (Å²) in [6.07, 6.45) is 4.11. The Morgan fingerprint density at radius 2 is 1.81 bits per heavy atom. The molecule has 0 amide bonds. The Hall–Kier alpha value is -1.10. The molecule has 1 heterocycles. The molecule has 1 aromatic carbocycles. The number of hydrogen-bond donors (Lipinski definition) is 2. The van der Waals surface area contributed by atoms with Crippen LogP contribution in [0.25, 0.3) is 0 Å². The van der Waals surface area contributed by atoms with Gasteiger partial charge in [-0.1, -0.05) is 12.1 Å². The van der Waals surface area contributed by atoms with Gasteiger partial charge >= 0.3 is 0 Å². The van der Waals surface area contributed by atoms with E-state index in [4.69, 9.17) is 18.9 Å². The van der Waals surface area contributed by atoms with Gasteiger partial charge in [0.25, 0.3) is 0 Å². The molecule has 0 bridgehead atoms. The summed E-state index contributed by atoms with van der Waals surface area (Å²) in [7, 11) is 1.67. The van der Waals surface area contributed by atoms with E-state index in [1.807, 2.05) is 24.3 Å². The van der Waals surface area contributed by atoms with E-state index in [-0.39, 0.29) is 24.0 Å². The number of hydrogen-bond acceptors (Lipinski definition) is 5. The van der Waals surface area contributed by atoms with Crippen LogP contribution in [0.3, 0.4) is 0 Å². The molecular weight excluding hydrogens is 509 g/mol. The Morgan fingerprint density at radius 1 is 1.06 bits per heavy atom. The van der Waals surface area contributed by atoms with Crippen LogP contribution in [-0.2, 0) is 20.8 Å². The number of nitrogens with one attached hydrogen (secondary N) is 2. The van der Waals surface area contributed by atoms with Gasteiger partial charge < -0.3 is 29.6 Å². The molecule has 178 valence electrons. The molecule has 1 aromatic rings. The van der Waals surface area contributed by atoms with Gasteiger partial charge in [0.05, 0.1) is 13.7 Å². The van der Waals surface area contributed by atoms with Gasteiger partial charge in [-0.2, -0.15) is 0 Å². The van der Waals surface area contributed by atoms with Crippen LogP contribution in [0.1, 0.15) is 38.2 Å². The van der Waals surface area contributed by atoms with Crippen molar-refractivity contribution in [1.82, 2.24) is 10.6 Å². The topological polar surface area (TPSA) is 73.3 Å². The summed E-state index contributed by atoms with van der Waals surface area (Å²) in [6.45, 7) is 9.21. The van der Waals surface area contributed by atoms with Crippen molar-refractivity contribution in [3.8, 4) is 5.75 Å². The number of rotatable bonds is 14. The minimum atomic E-state index is 0. The van der Waals surface area contributed by atoms with Crippen molar-refractivity contribution in [1.29, 1.82) is 0 Å². The third-order valence-corrected chi connectivity index (χ3v) is 4.94. The third kappa shape index (κ3) is 13.1. The van der Waals surface area contributed by atoms with Crippen molar-refractivity contribution in [2.24, 2.45) is 10.9 Å². The van der Waals surface area contributed by atoms with Gasteiger partial charge in [-0.05, 0) is 56.2 Å². The summed E-state index contributed by atoms with van der Waals surface area (Å²) in [5, 5.41) is 6.66. The smallest absolute Gasteiger partial charge is 0.191 e. The first kappa shape index (κ1) is 27.9. The second-order valence-corrected chi connectivity index (χ2v) is 7.43. The minimum Gasteiger partial charge on any atom is -0.497 e. The normalized spacial score (nSPS) is 14.7. The van der Waals surface area contributed by atoms with Gasteiger partial charge in [-0.15, -0.1) is 24.0 Å². The number of guanidine groups is 1. The number of ether oxygens (including phenoxy) is 4. The van der Waals surface area contributed by atoms with E-state index in [2.05, 4.69) is 22.5 Å². The van der Waals surface area contributed by atoms with Crippen molar-refractivity contribution in [2.75, 3.05) is 59.8 Å². The van der Waals surface area contributed by atoms with Crippen molar-refractivity contribution in [3.05, 3.63) is 29.8 Å². The minimum absolute atomic E-state index is 0. The highest BCUT2D eigenvalue weighted by Crippen LogP contribution is 2.14. The summed E-state index contributed by atoms with van der Waals surface area (Å²) >= 11 is 0. The maximum atomic E-state index is 5.81. The molecule has 7 nitrogen and oxygen atoms in total. The maximum absolute atomic E-state index is 5.81. The van der Waals surface area contributed by atoms with Crippen molar-refractivity contribution in [2.45, 2.75) is 39.2 Å². The van der Waals surface area contributed by atoms with Crippen LogP contribution in [0, 0.1) is 5.92 Å². The van der Waals surface area contributed by atoms with Gasteiger partial charge in [-0.25, -0.2) is 0 Å². The van der Waals surface area contributed by atoms with E-state index in [9.17, 15) is 0 Å². The number of aliphatic imine (C=N–C) groups is 1. The summed E-state index contributed by atoms with van der Waals surface area (Å²) in [4.78, 5) is 4.62. The number of methoxy groups -OCH3 is 1. The van der Waals surface area contributed by atoms with Crippen LogP contribution >= 0.6 is 24.0 Å². The molecule has 31 heavy (non-hydrogen) atoms. The van der Waals surface area contributed by atoms with Crippen molar-refractivity contribution in [3.63, 3.8) is 0 Å². The van der Waals surface area contributed by atoms with E-state index < -0.39 is 0 Å². The summed E-state index contributed by atoms with van der Waals surface area (Å²) < 4.78 is 22.1. The van der Waals surface area contributed by atoms with Crippen LogP contribution in [-0.4, -0.2) is 65.7 Å². The Bertz CT molecular complexity index is 581. The fraction of sp³-hybridized carbons (Fsp3) is 0.696. The second-order valence-electron chi connectivity index (χ2n) is 7.43. The zero-order chi connectivity index (χ0) is 21.3. The van der Waals surface area contributed by atoms with Crippen LogP contribution < -0.4 is 15.4 Å². The molecule has 0 atom stereocenters. The third-order valence-electron chi connectivity index (χ3n) is 4.94. The molecular formula is C23H40IN3O4. The first-order chi connectivity index (χ1) is 14.8. The molecule has 0 aromatic heterocycles. The molecule has 8 heteroatoms. The molecule has 0 unspecified atom stereocenters. The zero-order valence-corrected chi connectivity index (χ0v) is 21.4. The lowest BCUT2D eigenvalue weighted by Gasteiger charge is -2.21. The SMILES string of the molecule is CCNC(=NCCCOCc1ccc(OC)cc1)NCCCOCC1CCOCC1.I. The van der Waals surface area contributed by atoms with Crippen molar-refractivity contribution < 1.29 is 18.9 Å². The fourth-order valence-electron chi connectivity index (χ4n) is 3.16. The van der Waals surface area contributed by atoms with E-state index in [1.54, 1.807) is 7.11 Å². The van der Waals surface area contributed by atoms with E-state index >= 15 is 0 Å². The first-order valence-electron chi connectivity index (χ1n) is 11.2. The molecule has 2 rings (SSSR count). The van der Waals surface area contributed by atoms with Crippen LogP contribution in [0.2, 0.25) is 0 Å². The summed E-state index contributed by atoms with van der Waals surface area (Å²) in [5.41, 5.74) is 1.15. The lowest BCUT2D eigenvalue weighted by molar-refractivity contribution is 0.0203. The molecule has 0 saturated carbocycles. The standard InChI is InChI=1S/C23H39N3O4.HI/c1-3-24-23(26-13-5-15-30-19-21-10-16-28-17-11-21)25-12-4-14-29-18-20-6-8-22(27-2)9-7-20;/h6-9,21H,3-5,10-19H2,1-2H3,(H2,24,25,26);1H. The average molecular weight is 549 g/mol. The van der Waals surface area contributed by atoms with Crippen LogP contribution in [0.15, 0.2) is 29.3 Å². The van der Waals surface area contributed by atoms with Gasteiger partial charge in [0.2, 0.25) is 0 Å². The highest BCUT2D eigenvalue weighted by atomic mass is 127. The van der Waals surface area contributed by atoms with E-state index in [1.165, 1.54) is 0 Å². The lowest BCUT2D eigenvalue weighted by atomic mass is 10.0. The summed E-state index contributed by atoms with van der Waals surface area (Å²) in [6, 6.07) is 7.95. The molecule has 1 saturated heterocycles. The molecule has 2 N–H and O–H groups in total. The number of benzene rings is 1. The Balaban J connectivity index is 0.00000480. The van der Waals surface area contributed by atoms with E-state index in [0.29, 0.717) is 19.1 Å². The van der Waals surface area contributed by atoms with Gasteiger partial charge in [-0.3, -0.25) is 4.99 Å². The highest BCUT2D eigenvalue weighted by molar-refractivity contribution is 14.0. The monoisotopic (exact) mass is 549 g/mol. The van der Waals surface area contributed by atoms with Gasteiger partial charge in [0, 0.05) is 52.7 Å². The lowest BCUT2D eigenvalue weighted by Crippen LogP contribution is -2.38. The molecule has 1 aliphatic rings. The van der Waals surface area contributed by atoms with Crippen LogP contribution in [0.4, 0.5) is 0 Å². The molecule has 1 fully saturated rings. The largest absolute Gasteiger partial charge is 0.497 e. The maximum Gasteiger partial charge on any atom is 0.191 e. The van der Waals surface area contributed by atoms with Gasteiger partial charge in [0.1, 0.15) is 5.75 Å². The van der Waals surface area contributed by atoms with E-state index in [0.717, 1.165) is 89.0 Å². The predicted octanol–water partition coefficient (Wildman–Crippen LogP) is 3.61. The zero-order valence-electron chi connectivity index (χ0n) is 19.1. The van der Waals surface area contributed by atoms with Crippen LogP contribution in [0.5, 0.6) is 5.75 Å². The summed E-state index contributed by atoms with van der Waals surface area (Å²) in [5.74, 6) is 2.39. The number of nitrogens with zero attached hydrogens (tertiary/aromatic N) is 1. The molecule has 0 radical (unpaired) electrons. The number of halogens is 1. The Labute approximate surface area is 204 Å². The predicted molar refractivity (Wildman–Crippen MR) is 136 cm³/mol. The molecule has 0 spiro atoms. The second kappa shape index (κ2) is 18.5. The fourth-order valence-corrected chi connectivity index (χ4v) is 3.16. The first-order valence-corrected chi connectivity index (χ1v) is 11.2. The molecule has 0 aliphatic carbocycles.